The predicted molar refractivity (Wildman–Crippen MR) is 70.9 cm³/mol. The second-order valence-corrected chi connectivity index (χ2v) is 6.13. The summed E-state index contributed by atoms with van der Waals surface area (Å²) < 4.78 is 2.80. The molecule has 4 heteroatoms. The van der Waals surface area contributed by atoms with Gasteiger partial charge in [-0.2, -0.15) is 5.10 Å². The van der Waals surface area contributed by atoms with E-state index in [1.165, 1.54) is 12.8 Å². The summed E-state index contributed by atoms with van der Waals surface area (Å²) in [6.07, 6.45) is 4.96. The minimum atomic E-state index is -0.0996. The lowest BCUT2D eigenvalue weighted by molar-refractivity contribution is -0.127. The van der Waals surface area contributed by atoms with E-state index in [1.807, 2.05) is 18.7 Å². The molecule has 1 saturated carbocycles. The van der Waals surface area contributed by atoms with Crippen molar-refractivity contribution in [2.75, 3.05) is 0 Å². The second kappa shape index (κ2) is 4.56. The monoisotopic (exact) mass is 298 g/mol. The quantitative estimate of drug-likeness (QED) is 0.859. The molecule has 1 fully saturated rings. The number of carbonyl (C=O) groups is 1. The Hall–Kier alpha value is -0.640. The molecule has 1 aliphatic rings. The molecule has 1 heterocycles. The van der Waals surface area contributed by atoms with Crippen LogP contribution < -0.4 is 0 Å². The van der Waals surface area contributed by atoms with E-state index in [0.29, 0.717) is 12.2 Å². The molecule has 0 spiro atoms. The van der Waals surface area contributed by atoms with E-state index in [4.69, 9.17) is 0 Å². The van der Waals surface area contributed by atoms with Crippen molar-refractivity contribution in [3.63, 3.8) is 0 Å². The summed E-state index contributed by atoms with van der Waals surface area (Å²) in [5, 5.41) is 4.33. The highest BCUT2D eigenvalue weighted by Gasteiger charge is 2.36. The van der Waals surface area contributed by atoms with Crippen LogP contribution in [0, 0.1) is 12.3 Å². The fourth-order valence-corrected chi connectivity index (χ4v) is 3.15. The third-order valence-electron chi connectivity index (χ3n) is 3.97. The molecule has 17 heavy (non-hydrogen) atoms. The van der Waals surface area contributed by atoms with Gasteiger partial charge < -0.3 is 0 Å². The van der Waals surface area contributed by atoms with E-state index >= 15 is 0 Å². The van der Waals surface area contributed by atoms with E-state index in [9.17, 15) is 4.79 Å². The minimum absolute atomic E-state index is 0.0996. The van der Waals surface area contributed by atoms with Crippen molar-refractivity contribution < 1.29 is 4.79 Å². The van der Waals surface area contributed by atoms with Gasteiger partial charge in [0.1, 0.15) is 5.78 Å². The first-order valence-electron chi connectivity index (χ1n) is 6.15. The van der Waals surface area contributed by atoms with E-state index in [2.05, 4.69) is 28.0 Å². The molecule has 0 aromatic carbocycles. The van der Waals surface area contributed by atoms with Crippen LogP contribution in [-0.2, 0) is 18.3 Å². The van der Waals surface area contributed by atoms with Crippen LogP contribution in [0.3, 0.4) is 0 Å². The van der Waals surface area contributed by atoms with E-state index in [-0.39, 0.29) is 5.41 Å². The largest absolute Gasteiger partial charge is 0.299 e. The topological polar surface area (TPSA) is 34.9 Å². The van der Waals surface area contributed by atoms with Crippen LogP contribution in [0.2, 0.25) is 0 Å². The van der Waals surface area contributed by atoms with Crippen LogP contribution in [0.15, 0.2) is 4.47 Å². The van der Waals surface area contributed by atoms with Crippen molar-refractivity contribution in [3.8, 4) is 0 Å². The zero-order valence-electron chi connectivity index (χ0n) is 10.7. The zero-order valence-corrected chi connectivity index (χ0v) is 12.3. The fourth-order valence-electron chi connectivity index (χ4n) is 2.67. The van der Waals surface area contributed by atoms with Crippen LogP contribution in [0.5, 0.6) is 0 Å². The van der Waals surface area contributed by atoms with Crippen molar-refractivity contribution in [2.45, 2.75) is 46.0 Å². The molecule has 0 atom stereocenters. The van der Waals surface area contributed by atoms with Crippen LogP contribution in [-0.4, -0.2) is 15.6 Å². The van der Waals surface area contributed by atoms with Gasteiger partial charge in [0.15, 0.2) is 0 Å². The van der Waals surface area contributed by atoms with Crippen molar-refractivity contribution in [1.82, 2.24) is 9.78 Å². The van der Waals surface area contributed by atoms with Crippen LogP contribution in [0.4, 0.5) is 0 Å². The third-order valence-corrected chi connectivity index (χ3v) is 5.00. The van der Waals surface area contributed by atoms with Gasteiger partial charge >= 0.3 is 0 Å². The normalized spacial score (nSPS) is 18.6. The SMILES string of the molecule is Cc1nn(C)c(CC(=O)C2(C)CCCC2)c1Br. The van der Waals surface area contributed by atoms with Crippen LogP contribution in [0.1, 0.15) is 44.0 Å². The summed E-state index contributed by atoms with van der Waals surface area (Å²) >= 11 is 3.52. The Morgan fingerprint density at radius 3 is 2.53 bits per heavy atom. The van der Waals surface area contributed by atoms with Gasteiger partial charge in [-0.15, -0.1) is 0 Å². The Balaban J connectivity index is 2.18. The first-order valence-corrected chi connectivity index (χ1v) is 6.94. The van der Waals surface area contributed by atoms with Crippen LogP contribution >= 0.6 is 15.9 Å². The van der Waals surface area contributed by atoms with Gasteiger partial charge in [-0.05, 0) is 35.7 Å². The van der Waals surface area contributed by atoms with Gasteiger partial charge in [-0.3, -0.25) is 9.48 Å². The molecule has 0 bridgehead atoms. The van der Waals surface area contributed by atoms with E-state index < -0.39 is 0 Å². The average molecular weight is 299 g/mol. The molecule has 0 aliphatic heterocycles. The Kier molecular flexibility index (Phi) is 3.43. The Morgan fingerprint density at radius 1 is 1.47 bits per heavy atom. The number of ketones is 1. The summed E-state index contributed by atoms with van der Waals surface area (Å²) in [4.78, 5) is 12.4. The summed E-state index contributed by atoms with van der Waals surface area (Å²) in [5.74, 6) is 0.360. The lowest BCUT2D eigenvalue weighted by Gasteiger charge is -2.21. The highest BCUT2D eigenvalue weighted by Crippen LogP contribution is 2.39. The van der Waals surface area contributed by atoms with Crippen molar-refractivity contribution in [1.29, 1.82) is 0 Å². The standard InChI is InChI=1S/C13H19BrN2O/c1-9-12(14)10(16(3)15-9)8-11(17)13(2)6-4-5-7-13/h4-8H2,1-3H3. The summed E-state index contributed by atoms with van der Waals surface area (Å²) in [6.45, 7) is 4.06. The zero-order chi connectivity index (χ0) is 12.6. The number of aromatic nitrogens is 2. The number of halogens is 1. The third kappa shape index (κ3) is 2.32. The molecule has 2 rings (SSSR count). The van der Waals surface area contributed by atoms with Gasteiger partial charge in [0.25, 0.3) is 0 Å². The predicted octanol–water partition coefficient (Wildman–Crippen LogP) is 3.18. The molecule has 3 nitrogen and oxygen atoms in total. The number of carbonyl (C=O) groups excluding carboxylic acids is 1. The fraction of sp³-hybridized carbons (Fsp3) is 0.692. The molecular weight excluding hydrogens is 280 g/mol. The highest BCUT2D eigenvalue weighted by molar-refractivity contribution is 9.10. The molecule has 0 N–H and O–H groups in total. The van der Waals surface area contributed by atoms with Gasteiger partial charge in [0.05, 0.1) is 22.3 Å². The number of aryl methyl sites for hydroxylation is 2. The highest BCUT2D eigenvalue weighted by atomic mass is 79.9. The maximum absolute atomic E-state index is 12.4. The molecular formula is C13H19BrN2O. The molecule has 1 aromatic heterocycles. The summed E-state index contributed by atoms with van der Waals surface area (Å²) in [5.41, 5.74) is 1.85. The van der Waals surface area contributed by atoms with Gasteiger partial charge in [-0.1, -0.05) is 19.8 Å². The Bertz CT molecular complexity index is 445. The molecule has 1 aliphatic carbocycles. The number of hydrogen-bond donors (Lipinski definition) is 0. The van der Waals surface area contributed by atoms with E-state index in [1.54, 1.807) is 0 Å². The lowest BCUT2D eigenvalue weighted by Crippen LogP contribution is -2.26. The maximum atomic E-state index is 12.4. The molecule has 0 unspecified atom stereocenters. The van der Waals surface area contributed by atoms with Crippen molar-refractivity contribution >= 4 is 21.7 Å². The van der Waals surface area contributed by atoms with Crippen LogP contribution in [0.25, 0.3) is 0 Å². The molecule has 1 aromatic rings. The van der Waals surface area contributed by atoms with Crippen molar-refractivity contribution in [2.24, 2.45) is 12.5 Å². The van der Waals surface area contributed by atoms with Crippen molar-refractivity contribution in [3.05, 3.63) is 15.9 Å². The molecule has 0 saturated heterocycles. The molecule has 0 radical (unpaired) electrons. The number of nitrogens with zero attached hydrogens (tertiary/aromatic N) is 2. The van der Waals surface area contributed by atoms with Gasteiger partial charge in [0.2, 0.25) is 0 Å². The minimum Gasteiger partial charge on any atom is -0.299 e. The first kappa shape index (κ1) is 12.8. The second-order valence-electron chi connectivity index (χ2n) is 5.34. The smallest absolute Gasteiger partial charge is 0.144 e. The number of Topliss-reactive ketones (excluding diaryl/α,β-unsaturated/α-hetero) is 1. The molecule has 0 amide bonds. The number of rotatable bonds is 3. The Morgan fingerprint density at radius 2 is 2.06 bits per heavy atom. The van der Waals surface area contributed by atoms with Gasteiger partial charge in [0, 0.05) is 12.5 Å². The van der Waals surface area contributed by atoms with E-state index in [0.717, 1.165) is 28.7 Å². The molecule has 94 valence electrons. The average Bonchev–Trinajstić information content (AvgIpc) is 2.80. The van der Waals surface area contributed by atoms with Gasteiger partial charge in [-0.25, -0.2) is 0 Å². The summed E-state index contributed by atoms with van der Waals surface area (Å²) in [7, 11) is 1.90. The maximum Gasteiger partial charge on any atom is 0.144 e. The number of hydrogen-bond acceptors (Lipinski definition) is 2. The first-order chi connectivity index (χ1) is 7.94. The Labute approximate surface area is 111 Å². The summed E-state index contributed by atoms with van der Waals surface area (Å²) in [6, 6.07) is 0. The lowest BCUT2D eigenvalue weighted by atomic mass is 9.82.